The lowest BCUT2D eigenvalue weighted by atomic mass is 10.00. The minimum atomic E-state index is 0.652. The van der Waals surface area contributed by atoms with E-state index in [-0.39, 0.29) is 0 Å². The zero-order valence-electron chi connectivity index (χ0n) is 11.7. The van der Waals surface area contributed by atoms with Crippen LogP contribution in [0.25, 0.3) is 0 Å². The van der Waals surface area contributed by atoms with Crippen LogP contribution in [-0.4, -0.2) is 22.1 Å². The number of imidazole rings is 1. The molecule has 1 fully saturated rings. The molecule has 18 heavy (non-hydrogen) atoms. The third-order valence-electron chi connectivity index (χ3n) is 4.62. The Morgan fingerprint density at radius 2 is 2.06 bits per heavy atom. The maximum Gasteiger partial charge on any atom is 0.106 e. The van der Waals surface area contributed by atoms with E-state index in [0.29, 0.717) is 12.1 Å². The van der Waals surface area contributed by atoms with Crippen molar-refractivity contribution in [3.05, 3.63) is 17.2 Å². The molecule has 1 heterocycles. The summed E-state index contributed by atoms with van der Waals surface area (Å²) >= 11 is 0. The van der Waals surface area contributed by atoms with Gasteiger partial charge < -0.3 is 9.88 Å². The van der Waals surface area contributed by atoms with Crippen LogP contribution in [-0.2, 0) is 12.8 Å². The largest absolute Gasteiger partial charge is 0.327 e. The zero-order chi connectivity index (χ0) is 12.5. The van der Waals surface area contributed by atoms with Crippen LogP contribution in [0.1, 0.15) is 62.3 Å². The number of hydrogen-bond acceptors (Lipinski definition) is 2. The molecule has 3 heteroatoms. The Morgan fingerprint density at radius 3 is 2.89 bits per heavy atom. The summed E-state index contributed by atoms with van der Waals surface area (Å²) in [6.07, 6.45) is 9.11. The van der Waals surface area contributed by atoms with Gasteiger partial charge in [0.25, 0.3) is 0 Å². The summed E-state index contributed by atoms with van der Waals surface area (Å²) in [5.74, 6) is 1.25. The van der Waals surface area contributed by atoms with E-state index in [0.717, 1.165) is 6.54 Å². The predicted octanol–water partition coefficient (Wildman–Crippen LogP) is 2.77. The van der Waals surface area contributed by atoms with Crippen LogP contribution < -0.4 is 5.32 Å². The average molecular weight is 247 g/mol. The van der Waals surface area contributed by atoms with E-state index in [2.05, 4.69) is 23.7 Å². The summed E-state index contributed by atoms with van der Waals surface area (Å²) in [4.78, 5) is 4.83. The number of rotatable bonds is 3. The van der Waals surface area contributed by atoms with Crippen molar-refractivity contribution >= 4 is 0 Å². The molecular formula is C15H25N3. The summed E-state index contributed by atoms with van der Waals surface area (Å²) in [6, 6.07) is 1.31. The van der Waals surface area contributed by atoms with Crippen LogP contribution in [0, 0.1) is 6.92 Å². The Balaban J connectivity index is 1.93. The fraction of sp³-hybridized carbons (Fsp3) is 0.800. The second kappa shape index (κ2) is 5.04. The molecule has 0 spiro atoms. The van der Waals surface area contributed by atoms with Crippen LogP contribution in [0.2, 0.25) is 0 Å². The first-order valence-corrected chi connectivity index (χ1v) is 7.61. The van der Waals surface area contributed by atoms with Crippen molar-refractivity contribution in [2.75, 3.05) is 6.54 Å². The van der Waals surface area contributed by atoms with Gasteiger partial charge in [0.15, 0.2) is 0 Å². The highest BCUT2D eigenvalue weighted by atomic mass is 15.2. The van der Waals surface area contributed by atoms with Crippen LogP contribution in [0.5, 0.6) is 0 Å². The van der Waals surface area contributed by atoms with Gasteiger partial charge in [0.05, 0.1) is 11.7 Å². The Hall–Kier alpha value is -0.830. The maximum atomic E-state index is 4.83. The van der Waals surface area contributed by atoms with Crippen LogP contribution >= 0.6 is 0 Å². The summed E-state index contributed by atoms with van der Waals surface area (Å²) in [7, 11) is 0. The Labute approximate surface area is 110 Å². The smallest absolute Gasteiger partial charge is 0.106 e. The van der Waals surface area contributed by atoms with Crippen molar-refractivity contribution in [1.29, 1.82) is 0 Å². The number of aromatic nitrogens is 2. The second-order valence-corrected chi connectivity index (χ2v) is 5.79. The fourth-order valence-electron chi connectivity index (χ4n) is 3.89. The van der Waals surface area contributed by atoms with Crippen molar-refractivity contribution in [1.82, 2.24) is 14.9 Å². The minimum Gasteiger partial charge on any atom is -0.327 e. The highest BCUT2D eigenvalue weighted by Gasteiger charge is 2.32. The van der Waals surface area contributed by atoms with E-state index in [1.54, 1.807) is 5.69 Å². The molecule has 1 aromatic heterocycles. The van der Waals surface area contributed by atoms with Gasteiger partial charge in [-0.15, -0.1) is 0 Å². The van der Waals surface area contributed by atoms with E-state index in [1.807, 2.05) is 0 Å². The van der Waals surface area contributed by atoms with Gasteiger partial charge in [-0.05, 0) is 58.4 Å². The molecule has 1 N–H and O–H groups in total. The van der Waals surface area contributed by atoms with Crippen LogP contribution in [0.15, 0.2) is 0 Å². The van der Waals surface area contributed by atoms with Gasteiger partial charge in [0.2, 0.25) is 0 Å². The van der Waals surface area contributed by atoms with Gasteiger partial charge in [-0.25, -0.2) is 4.98 Å². The first-order valence-electron chi connectivity index (χ1n) is 7.61. The minimum absolute atomic E-state index is 0.652. The average Bonchev–Trinajstić information content (AvgIpc) is 2.92. The summed E-state index contributed by atoms with van der Waals surface area (Å²) < 4.78 is 2.58. The summed E-state index contributed by atoms with van der Waals surface area (Å²) in [6.45, 7) is 5.49. The van der Waals surface area contributed by atoms with E-state index < -0.39 is 0 Å². The summed E-state index contributed by atoms with van der Waals surface area (Å²) in [5.41, 5.74) is 2.94. The molecule has 0 bridgehead atoms. The second-order valence-electron chi connectivity index (χ2n) is 5.79. The van der Waals surface area contributed by atoms with Crippen LogP contribution in [0.3, 0.4) is 0 Å². The molecule has 0 saturated heterocycles. The Bertz CT molecular complexity index is 422. The zero-order valence-corrected chi connectivity index (χ0v) is 11.7. The van der Waals surface area contributed by atoms with E-state index in [9.17, 15) is 0 Å². The van der Waals surface area contributed by atoms with Crippen molar-refractivity contribution in [2.45, 2.75) is 70.9 Å². The molecule has 0 radical (unpaired) electrons. The van der Waals surface area contributed by atoms with Crippen molar-refractivity contribution in [3.63, 3.8) is 0 Å². The maximum absolute atomic E-state index is 4.83. The van der Waals surface area contributed by atoms with E-state index >= 15 is 0 Å². The lowest BCUT2D eigenvalue weighted by molar-refractivity contribution is 0.382. The number of nitrogens with zero attached hydrogens (tertiary/aromatic N) is 2. The summed E-state index contributed by atoms with van der Waals surface area (Å²) in [5, 5.41) is 3.67. The van der Waals surface area contributed by atoms with Crippen molar-refractivity contribution < 1.29 is 0 Å². The lowest BCUT2D eigenvalue weighted by Crippen LogP contribution is -2.34. The topological polar surface area (TPSA) is 29.9 Å². The fourth-order valence-corrected chi connectivity index (χ4v) is 3.89. The molecule has 2 unspecified atom stereocenters. The third kappa shape index (κ3) is 1.99. The number of nitrogens with one attached hydrogen (secondary N) is 1. The number of fused-ring (bicyclic) bond motifs is 1. The Morgan fingerprint density at radius 1 is 1.22 bits per heavy atom. The van der Waals surface area contributed by atoms with Gasteiger partial charge in [0.1, 0.15) is 5.82 Å². The first kappa shape index (κ1) is 12.2. The molecule has 2 atom stereocenters. The SMILES string of the molecule is CCNC1CCCC1n1c(C)nc2c1CCCC2. The van der Waals surface area contributed by atoms with E-state index in [4.69, 9.17) is 4.98 Å². The lowest BCUT2D eigenvalue weighted by Gasteiger charge is -2.26. The molecule has 2 aliphatic rings. The number of likely N-dealkylation sites (N-methyl/N-ethyl adjacent to an activating group) is 1. The highest BCUT2D eigenvalue weighted by Crippen LogP contribution is 2.35. The standard InChI is InChI=1S/C15H25N3/c1-3-16-12-8-6-10-14(12)18-11(2)17-13-7-4-5-9-15(13)18/h12,14,16H,3-10H2,1-2H3. The first-order chi connectivity index (χ1) is 8.81. The molecule has 2 aliphatic carbocycles. The molecule has 0 aromatic carbocycles. The number of aryl methyl sites for hydroxylation is 2. The van der Waals surface area contributed by atoms with Gasteiger partial charge in [-0.2, -0.15) is 0 Å². The molecule has 100 valence electrons. The normalized spacial score (nSPS) is 27.4. The number of hydrogen-bond donors (Lipinski definition) is 1. The van der Waals surface area contributed by atoms with Gasteiger partial charge >= 0.3 is 0 Å². The van der Waals surface area contributed by atoms with Gasteiger partial charge in [0, 0.05) is 11.7 Å². The quantitative estimate of drug-likeness (QED) is 0.890. The van der Waals surface area contributed by atoms with Crippen molar-refractivity contribution in [2.24, 2.45) is 0 Å². The van der Waals surface area contributed by atoms with Crippen molar-refractivity contribution in [3.8, 4) is 0 Å². The molecular weight excluding hydrogens is 222 g/mol. The molecule has 1 aromatic rings. The molecule has 0 amide bonds. The Kier molecular flexibility index (Phi) is 3.42. The third-order valence-corrected chi connectivity index (χ3v) is 4.62. The molecule has 3 rings (SSSR count). The van der Waals surface area contributed by atoms with Gasteiger partial charge in [-0.1, -0.05) is 6.92 Å². The molecule has 1 saturated carbocycles. The molecule has 3 nitrogen and oxygen atoms in total. The molecule has 0 aliphatic heterocycles. The monoisotopic (exact) mass is 247 g/mol. The van der Waals surface area contributed by atoms with Gasteiger partial charge in [-0.3, -0.25) is 0 Å². The highest BCUT2D eigenvalue weighted by molar-refractivity contribution is 5.21. The van der Waals surface area contributed by atoms with Crippen LogP contribution in [0.4, 0.5) is 0 Å². The van der Waals surface area contributed by atoms with E-state index in [1.165, 1.54) is 56.5 Å². The predicted molar refractivity (Wildman–Crippen MR) is 74.0 cm³/mol.